The molecule has 2 aliphatic rings. The lowest BCUT2D eigenvalue weighted by atomic mass is 9.88. The molecule has 1 amide bonds. The number of hydrogen-bond acceptors (Lipinski definition) is 2. The Morgan fingerprint density at radius 1 is 0.686 bits per heavy atom. The average Bonchev–Trinajstić information content (AvgIpc) is 3.19. The quantitative estimate of drug-likeness (QED) is 0.332. The van der Waals surface area contributed by atoms with Gasteiger partial charge in [0.05, 0.1) is 12.1 Å². The number of rotatable bonds is 7. The van der Waals surface area contributed by atoms with E-state index >= 15 is 0 Å². The summed E-state index contributed by atoms with van der Waals surface area (Å²) in [5.74, 6) is 0.553. The maximum Gasteiger partial charge on any atom is 0.255 e. The minimum atomic E-state index is 0.00781. The third-order valence-electron chi connectivity index (χ3n) is 7.58. The molecule has 1 unspecified atom stereocenters. The highest BCUT2D eigenvalue weighted by atomic mass is 16.2. The summed E-state index contributed by atoms with van der Waals surface area (Å²) in [6.07, 6.45) is 1.07. The SMILES string of the molecule is O=C1c2ccccc2C(c2ccccc2)N1C1CN(CCC(c2ccccc2)c2ccccc2)C1. The van der Waals surface area contributed by atoms with Crippen molar-refractivity contribution in [1.82, 2.24) is 9.80 Å². The molecule has 0 aromatic heterocycles. The van der Waals surface area contributed by atoms with Crippen molar-refractivity contribution in [2.24, 2.45) is 0 Å². The van der Waals surface area contributed by atoms with Crippen LogP contribution < -0.4 is 0 Å². The molecule has 1 saturated heterocycles. The molecule has 3 nitrogen and oxygen atoms in total. The molecule has 4 aromatic rings. The standard InChI is InChI=1S/C32H30N2O/c35-32-30-19-11-10-18-29(30)31(26-16-8-3-9-17-26)34(32)27-22-33(23-27)21-20-28(24-12-4-1-5-13-24)25-14-6-2-7-15-25/h1-19,27-28,31H,20-23H2. The van der Waals surface area contributed by atoms with E-state index in [0.29, 0.717) is 5.92 Å². The number of nitrogens with zero attached hydrogens (tertiary/aromatic N) is 2. The Morgan fingerprint density at radius 3 is 1.86 bits per heavy atom. The van der Waals surface area contributed by atoms with Gasteiger partial charge >= 0.3 is 0 Å². The van der Waals surface area contributed by atoms with Crippen LogP contribution in [0.25, 0.3) is 0 Å². The van der Waals surface area contributed by atoms with Gasteiger partial charge < -0.3 is 4.90 Å². The molecule has 174 valence electrons. The average molecular weight is 459 g/mol. The van der Waals surface area contributed by atoms with Crippen LogP contribution in [0.15, 0.2) is 115 Å². The fourth-order valence-corrected chi connectivity index (χ4v) is 5.80. The first-order valence-electron chi connectivity index (χ1n) is 12.6. The molecule has 1 fully saturated rings. The van der Waals surface area contributed by atoms with E-state index in [1.54, 1.807) is 0 Å². The normalized spacial score (nSPS) is 18.0. The highest BCUT2D eigenvalue weighted by Crippen LogP contribution is 2.41. The van der Waals surface area contributed by atoms with Gasteiger partial charge in [0.1, 0.15) is 0 Å². The zero-order valence-electron chi connectivity index (χ0n) is 19.8. The van der Waals surface area contributed by atoms with Crippen LogP contribution in [0.1, 0.15) is 51.0 Å². The topological polar surface area (TPSA) is 23.6 Å². The molecule has 1 atom stereocenters. The molecule has 0 bridgehead atoms. The van der Waals surface area contributed by atoms with E-state index in [0.717, 1.165) is 37.2 Å². The summed E-state index contributed by atoms with van der Waals surface area (Å²) in [5, 5.41) is 0. The molecule has 0 saturated carbocycles. The summed E-state index contributed by atoms with van der Waals surface area (Å²) in [5.41, 5.74) is 5.91. The first-order chi connectivity index (χ1) is 17.3. The molecule has 0 spiro atoms. The van der Waals surface area contributed by atoms with Crippen LogP contribution in [0.3, 0.4) is 0 Å². The zero-order chi connectivity index (χ0) is 23.6. The van der Waals surface area contributed by atoms with E-state index in [1.807, 2.05) is 24.3 Å². The van der Waals surface area contributed by atoms with Crippen LogP contribution in [-0.2, 0) is 0 Å². The Bertz CT molecular complexity index is 1240. The van der Waals surface area contributed by atoms with Crippen molar-refractivity contribution < 1.29 is 4.79 Å². The zero-order valence-corrected chi connectivity index (χ0v) is 19.8. The van der Waals surface area contributed by atoms with Gasteiger partial charge in [-0.2, -0.15) is 0 Å². The smallest absolute Gasteiger partial charge is 0.255 e. The summed E-state index contributed by atoms with van der Waals surface area (Å²) in [7, 11) is 0. The van der Waals surface area contributed by atoms with Crippen molar-refractivity contribution >= 4 is 5.91 Å². The maximum atomic E-state index is 13.5. The van der Waals surface area contributed by atoms with Gasteiger partial charge in [-0.25, -0.2) is 0 Å². The first kappa shape index (κ1) is 21.8. The highest BCUT2D eigenvalue weighted by molar-refractivity contribution is 6.00. The first-order valence-corrected chi connectivity index (χ1v) is 12.6. The van der Waals surface area contributed by atoms with Crippen molar-refractivity contribution in [3.05, 3.63) is 143 Å². The van der Waals surface area contributed by atoms with Crippen LogP contribution in [0.2, 0.25) is 0 Å². The summed E-state index contributed by atoms with van der Waals surface area (Å²) in [4.78, 5) is 18.1. The van der Waals surface area contributed by atoms with E-state index in [4.69, 9.17) is 0 Å². The van der Waals surface area contributed by atoms with Crippen molar-refractivity contribution in [3.63, 3.8) is 0 Å². The Labute approximate surface area is 207 Å². The van der Waals surface area contributed by atoms with Crippen LogP contribution >= 0.6 is 0 Å². The second-order valence-electron chi connectivity index (χ2n) is 9.69. The van der Waals surface area contributed by atoms with Gasteiger partial charge in [0.15, 0.2) is 0 Å². The Hall–Kier alpha value is -3.69. The number of carbonyl (C=O) groups excluding carboxylic acids is 1. The third-order valence-corrected chi connectivity index (χ3v) is 7.58. The van der Waals surface area contributed by atoms with Crippen LogP contribution in [0.4, 0.5) is 0 Å². The number of amides is 1. The summed E-state index contributed by atoms with van der Waals surface area (Å²) in [6.45, 7) is 2.88. The second kappa shape index (κ2) is 9.52. The van der Waals surface area contributed by atoms with Gasteiger partial charge in [0.25, 0.3) is 5.91 Å². The predicted octanol–water partition coefficient (Wildman–Crippen LogP) is 6.14. The van der Waals surface area contributed by atoms with Crippen molar-refractivity contribution in [2.45, 2.75) is 24.4 Å². The monoisotopic (exact) mass is 458 g/mol. The summed E-state index contributed by atoms with van der Waals surface area (Å²) >= 11 is 0. The Kier molecular flexibility index (Phi) is 5.93. The molecule has 35 heavy (non-hydrogen) atoms. The van der Waals surface area contributed by atoms with Crippen molar-refractivity contribution in [1.29, 1.82) is 0 Å². The lowest BCUT2D eigenvalue weighted by Crippen LogP contribution is -2.60. The molecule has 3 heteroatoms. The molecular weight excluding hydrogens is 428 g/mol. The Morgan fingerprint density at radius 2 is 1.23 bits per heavy atom. The lowest BCUT2D eigenvalue weighted by molar-refractivity contribution is 0.0205. The van der Waals surface area contributed by atoms with Gasteiger partial charge in [-0.3, -0.25) is 9.69 Å². The number of hydrogen-bond donors (Lipinski definition) is 0. The van der Waals surface area contributed by atoms with Crippen LogP contribution in [0, 0.1) is 0 Å². The van der Waals surface area contributed by atoms with E-state index in [-0.39, 0.29) is 18.0 Å². The number of benzene rings is 4. The van der Waals surface area contributed by atoms with Gasteiger partial charge in [-0.05, 0) is 41.3 Å². The molecule has 2 aliphatic heterocycles. The molecule has 2 heterocycles. The minimum Gasteiger partial charge on any atom is -0.322 e. The van der Waals surface area contributed by atoms with Gasteiger partial charge in [-0.1, -0.05) is 109 Å². The number of carbonyl (C=O) groups is 1. The van der Waals surface area contributed by atoms with Crippen LogP contribution in [-0.4, -0.2) is 41.4 Å². The van der Waals surface area contributed by atoms with E-state index in [2.05, 4.69) is 101 Å². The third kappa shape index (κ3) is 4.17. The minimum absolute atomic E-state index is 0.00781. The largest absolute Gasteiger partial charge is 0.322 e. The molecule has 0 aliphatic carbocycles. The van der Waals surface area contributed by atoms with Gasteiger partial charge in [0, 0.05) is 24.6 Å². The molecule has 6 rings (SSSR count). The molecule has 4 aromatic carbocycles. The van der Waals surface area contributed by atoms with E-state index in [1.165, 1.54) is 16.7 Å². The van der Waals surface area contributed by atoms with Crippen LogP contribution in [0.5, 0.6) is 0 Å². The number of likely N-dealkylation sites (tertiary alicyclic amines) is 1. The highest BCUT2D eigenvalue weighted by Gasteiger charge is 2.45. The molecular formula is C32H30N2O. The van der Waals surface area contributed by atoms with Crippen molar-refractivity contribution in [2.75, 3.05) is 19.6 Å². The fraction of sp³-hybridized carbons (Fsp3) is 0.219. The second-order valence-corrected chi connectivity index (χ2v) is 9.69. The lowest BCUT2D eigenvalue weighted by Gasteiger charge is -2.46. The van der Waals surface area contributed by atoms with Crippen molar-refractivity contribution in [3.8, 4) is 0 Å². The van der Waals surface area contributed by atoms with Gasteiger partial charge in [0.2, 0.25) is 0 Å². The fourth-order valence-electron chi connectivity index (χ4n) is 5.80. The number of fused-ring (bicyclic) bond motifs is 1. The maximum absolute atomic E-state index is 13.5. The summed E-state index contributed by atoms with van der Waals surface area (Å²) < 4.78 is 0. The predicted molar refractivity (Wildman–Crippen MR) is 140 cm³/mol. The molecule has 0 radical (unpaired) electrons. The molecule has 0 N–H and O–H groups in total. The summed E-state index contributed by atoms with van der Waals surface area (Å²) in [6, 6.07) is 40.5. The van der Waals surface area contributed by atoms with E-state index < -0.39 is 0 Å². The van der Waals surface area contributed by atoms with E-state index in [9.17, 15) is 4.79 Å². The Balaban J connectivity index is 1.17. The van der Waals surface area contributed by atoms with Gasteiger partial charge in [-0.15, -0.1) is 0 Å².